The maximum Gasteiger partial charge on any atom is 0.264 e. The second-order valence-corrected chi connectivity index (χ2v) is 10.4. The molecule has 0 aliphatic carbocycles. The van der Waals surface area contributed by atoms with Crippen molar-refractivity contribution in [3.05, 3.63) is 59.7 Å². The normalized spacial score (nSPS) is 24.6. The molecule has 1 saturated heterocycles. The van der Waals surface area contributed by atoms with Gasteiger partial charge in [0.1, 0.15) is 0 Å². The highest BCUT2D eigenvalue weighted by Crippen LogP contribution is 2.48. The molecule has 0 N–H and O–H groups in total. The van der Waals surface area contributed by atoms with E-state index < -0.39 is 25.9 Å². The van der Waals surface area contributed by atoms with Crippen LogP contribution in [0.4, 0.5) is 5.69 Å². The Morgan fingerprint density at radius 2 is 1.67 bits per heavy atom. The molecule has 2 aromatic rings. The van der Waals surface area contributed by atoms with E-state index in [4.69, 9.17) is 0 Å². The molecule has 2 heterocycles. The van der Waals surface area contributed by atoms with Crippen molar-refractivity contribution < 1.29 is 16.8 Å². The summed E-state index contributed by atoms with van der Waals surface area (Å²) < 4.78 is 51.9. The van der Waals surface area contributed by atoms with Crippen LogP contribution in [0.1, 0.15) is 17.0 Å². The first-order valence-corrected chi connectivity index (χ1v) is 11.0. The van der Waals surface area contributed by atoms with Gasteiger partial charge in [0.2, 0.25) is 0 Å². The molecule has 0 radical (unpaired) electrons. The van der Waals surface area contributed by atoms with Crippen molar-refractivity contribution in [2.75, 3.05) is 15.8 Å². The van der Waals surface area contributed by atoms with Crippen molar-refractivity contribution in [1.82, 2.24) is 0 Å². The molecule has 5 nitrogen and oxygen atoms in total. The summed E-state index contributed by atoms with van der Waals surface area (Å²) in [5.41, 5.74) is 2.37. The van der Waals surface area contributed by atoms with Gasteiger partial charge in [0.15, 0.2) is 9.84 Å². The lowest BCUT2D eigenvalue weighted by Gasteiger charge is -2.25. The van der Waals surface area contributed by atoms with E-state index in [0.717, 1.165) is 11.1 Å². The van der Waals surface area contributed by atoms with Crippen molar-refractivity contribution >= 4 is 25.5 Å². The summed E-state index contributed by atoms with van der Waals surface area (Å²) in [4.78, 5) is 0.188. The molecule has 126 valence electrons. The first kappa shape index (κ1) is 15.7. The van der Waals surface area contributed by atoms with Gasteiger partial charge in [-0.05, 0) is 30.7 Å². The Morgan fingerprint density at radius 3 is 2.38 bits per heavy atom. The van der Waals surface area contributed by atoms with Crippen molar-refractivity contribution in [3.8, 4) is 0 Å². The Kier molecular flexibility index (Phi) is 3.30. The van der Waals surface area contributed by atoms with Gasteiger partial charge in [0, 0.05) is 5.92 Å². The van der Waals surface area contributed by atoms with Crippen LogP contribution < -0.4 is 4.31 Å². The average molecular weight is 363 g/mol. The van der Waals surface area contributed by atoms with E-state index in [1.807, 2.05) is 19.1 Å². The van der Waals surface area contributed by atoms with Crippen LogP contribution >= 0.6 is 0 Å². The Morgan fingerprint density at radius 1 is 1.00 bits per heavy atom. The molecule has 2 aliphatic rings. The molecule has 0 bridgehead atoms. The molecule has 7 heteroatoms. The van der Waals surface area contributed by atoms with Crippen LogP contribution in [0.25, 0.3) is 0 Å². The van der Waals surface area contributed by atoms with Crippen molar-refractivity contribution in [2.24, 2.45) is 0 Å². The molecular weight excluding hydrogens is 346 g/mol. The van der Waals surface area contributed by atoms with Gasteiger partial charge >= 0.3 is 0 Å². The summed E-state index contributed by atoms with van der Waals surface area (Å²) in [7, 11) is -7.04. The fourth-order valence-corrected chi connectivity index (χ4v) is 7.46. The second kappa shape index (κ2) is 5.07. The van der Waals surface area contributed by atoms with Crippen LogP contribution in [0.15, 0.2) is 53.4 Å². The van der Waals surface area contributed by atoms with Gasteiger partial charge in [-0.1, -0.05) is 35.9 Å². The predicted octanol–water partition coefficient (Wildman–Crippen LogP) is 2.08. The van der Waals surface area contributed by atoms with Crippen LogP contribution in [-0.4, -0.2) is 34.4 Å². The van der Waals surface area contributed by atoms with Gasteiger partial charge in [0.05, 0.1) is 28.1 Å². The van der Waals surface area contributed by atoms with Gasteiger partial charge in [-0.2, -0.15) is 0 Å². The zero-order valence-electron chi connectivity index (χ0n) is 13.1. The molecule has 4 rings (SSSR count). The lowest BCUT2D eigenvalue weighted by Crippen LogP contribution is -2.39. The zero-order chi connectivity index (χ0) is 17.1. The maximum absolute atomic E-state index is 13.2. The highest BCUT2D eigenvalue weighted by atomic mass is 32.2. The quantitative estimate of drug-likeness (QED) is 0.819. The summed E-state index contributed by atoms with van der Waals surface area (Å²) in [6, 6.07) is 13.3. The zero-order valence-corrected chi connectivity index (χ0v) is 14.7. The molecule has 2 aromatic carbocycles. The first-order valence-electron chi connectivity index (χ1n) is 7.70. The molecule has 0 aromatic heterocycles. The minimum Gasteiger partial charge on any atom is -0.261 e. The largest absolute Gasteiger partial charge is 0.264 e. The van der Waals surface area contributed by atoms with E-state index in [0.29, 0.717) is 5.69 Å². The number of hydrogen-bond donors (Lipinski definition) is 0. The number of nitrogens with zero attached hydrogens (tertiary/aromatic N) is 1. The van der Waals surface area contributed by atoms with Gasteiger partial charge < -0.3 is 0 Å². The van der Waals surface area contributed by atoms with Gasteiger partial charge in [0.25, 0.3) is 10.0 Å². The summed E-state index contributed by atoms with van der Waals surface area (Å²) in [5, 5.41) is 0. The molecule has 24 heavy (non-hydrogen) atoms. The Labute approximate surface area is 141 Å². The fourth-order valence-electron chi connectivity index (χ4n) is 3.67. The molecular formula is C17H17NO4S2. The summed E-state index contributed by atoms with van der Waals surface area (Å²) in [5.74, 6) is -0.405. The number of sulfone groups is 1. The lowest BCUT2D eigenvalue weighted by molar-refractivity contribution is 0.579. The van der Waals surface area contributed by atoms with E-state index in [9.17, 15) is 16.8 Å². The lowest BCUT2D eigenvalue weighted by atomic mass is 9.99. The van der Waals surface area contributed by atoms with Crippen LogP contribution in [0.2, 0.25) is 0 Å². The van der Waals surface area contributed by atoms with E-state index in [1.165, 1.54) is 4.31 Å². The molecule has 2 atom stereocenters. The van der Waals surface area contributed by atoms with Crippen molar-refractivity contribution in [1.29, 1.82) is 0 Å². The summed E-state index contributed by atoms with van der Waals surface area (Å²) in [6.07, 6.45) is 0. The second-order valence-electron chi connectivity index (χ2n) is 6.42. The van der Waals surface area contributed by atoms with E-state index in [1.54, 1.807) is 36.4 Å². The predicted molar refractivity (Wildman–Crippen MR) is 92.5 cm³/mol. The van der Waals surface area contributed by atoms with E-state index >= 15 is 0 Å². The number of anilines is 1. The summed E-state index contributed by atoms with van der Waals surface area (Å²) >= 11 is 0. The SMILES string of the molecule is Cc1ccc(S(=O)(=O)N2c3ccccc3C3CS(=O)(=O)CC32)cc1. The Hall–Kier alpha value is -1.86. The average Bonchev–Trinajstić information content (AvgIpc) is 2.98. The van der Waals surface area contributed by atoms with E-state index in [2.05, 4.69) is 0 Å². The van der Waals surface area contributed by atoms with Gasteiger partial charge in [-0.25, -0.2) is 16.8 Å². The maximum atomic E-state index is 13.2. The number of rotatable bonds is 2. The minimum absolute atomic E-state index is 0.00853. The van der Waals surface area contributed by atoms with Crippen LogP contribution in [-0.2, 0) is 19.9 Å². The molecule has 0 amide bonds. The fraction of sp³-hybridized carbons (Fsp3) is 0.294. The number of benzene rings is 2. The third kappa shape index (κ3) is 2.26. The van der Waals surface area contributed by atoms with Crippen molar-refractivity contribution in [2.45, 2.75) is 23.8 Å². The number of hydrogen-bond acceptors (Lipinski definition) is 4. The van der Waals surface area contributed by atoms with Gasteiger partial charge in [-0.15, -0.1) is 0 Å². The van der Waals surface area contributed by atoms with Crippen LogP contribution in [0.3, 0.4) is 0 Å². The Bertz CT molecular complexity index is 1010. The van der Waals surface area contributed by atoms with Gasteiger partial charge in [-0.3, -0.25) is 4.31 Å². The third-order valence-corrected chi connectivity index (χ3v) is 8.34. The van der Waals surface area contributed by atoms with Crippen LogP contribution in [0.5, 0.6) is 0 Å². The minimum atomic E-state index is -3.80. The van der Waals surface area contributed by atoms with E-state index in [-0.39, 0.29) is 22.3 Å². The Balaban J connectivity index is 1.89. The van der Waals surface area contributed by atoms with Crippen LogP contribution in [0, 0.1) is 6.92 Å². The number of aryl methyl sites for hydroxylation is 1. The topological polar surface area (TPSA) is 71.5 Å². The molecule has 0 saturated carbocycles. The highest BCUT2D eigenvalue weighted by molar-refractivity contribution is 7.93. The molecule has 1 fully saturated rings. The standard InChI is InChI=1S/C17H17NO4S2/c1-12-6-8-13(9-7-12)24(21,22)18-16-5-3-2-4-14(16)15-10-23(19,20)11-17(15)18/h2-9,15,17H,10-11H2,1H3. The molecule has 2 aliphatic heterocycles. The molecule has 2 unspecified atom stereocenters. The summed E-state index contributed by atoms with van der Waals surface area (Å²) in [6.45, 7) is 1.89. The number of sulfonamides is 1. The monoisotopic (exact) mass is 363 g/mol. The first-order chi connectivity index (χ1) is 11.3. The highest BCUT2D eigenvalue weighted by Gasteiger charge is 2.51. The van der Waals surface area contributed by atoms with Crippen molar-refractivity contribution in [3.63, 3.8) is 0 Å². The number of para-hydroxylation sites is 1. The number of fused-ring (bicyclic) bond motifs is 3. The smallest absolute Gasteiger partial charge is 0.261 e. The third-order valence-electron chi connectivity index (χ3n) is 4.78. The molecule has 0 spiro atoms.